The minimum atomic E-state index is -0.460. The number of imidazole rings is 1. The molecule has 1 aromatic heterocycles. The molecule has 1 aromatic rings. The molecule has 2 bridgehead atoms. The van der Waals surface area contributed by atoms with E-state index in [-0.39, 0.29) is 0 Å². The van der Waals surface area contributed by atoms with Crippen LogP contribution >= 0.6 is 0 Å². The predicted octanol–water partition coefficient (Wildman–Crippen LogP) is 1.16. The summed E-state index contributed by atoms with van der Waals surface area (Å²) in [7, 11) is 0. The second-order valence-electron chi connectivity index (χ2n) is 4.02. The fourth-order valence-corrected chi connectivity index (χ4v) is 2.67. The van der Waals surface area contributed by atoms with Crippen molar-refractivity contribution in [3.63, 3.8) is 0 Å². The minimum Gasteiger partial charge on any atom is -0.318 e. The summed E-state index contributed by atoms with van der Waals surface area (Å²) in [6.07, 6.45) is 4.79. The molecule has 0 spiro atoms. The fourth-order valence-electron chi connectivity index (χ4n) is 2.67. The number of nitrogens with one attached hydrogen (secondary N) is 2. The summed E-state index contributed by atoms with van der Waals surface area (Å²) in [6.45, 7) is 0. The van der Waals surface area contributed by atoms with Gasteiger partial charge in [0, 0.05) is 23.7 Å². The molecule has 3 nitrogen and oxygen atoms in total. The van der Waals surface area contributed by atoms with Crippen molar-refractivity contribution < 1.29 is 4.39 Å². The van der Waals surface area contributed by atoms with Crippen LogP contribution in [0, 0.1) is 6.08 Å². The van der Waals surface area contributed by atoms with E-state index >= 15 is 0 Å². The molecular formula is C9H12FN3. The Morgan fingerprint density at radius 2 is 2.38 bits per heavy atom. The first-order valence-electron chi connectivity index (χ1n) is 4.79. The zero-order valence-corrected chi connectivity index (χ0v) is 7.26. The lowest BCUT2D eigenvalue weighted by atomic mass is 9.87. The van der Waals surface area contributed by atoms with Crippen molar-refractivity contribution in [2.45, 2.75) is 37.3 Å². The molecule has 2 aliphatic rings. The molecule has 0 radical (unpaired) electrons. The number of hydrogen-bond donors (Lipinski definition) is 2. The molecule has 3 heterocycles. The van der Waals surface area contributed by atoms with E-state index in [0.29, 0.717) is 18.0 Å². The number of halogens is 1. The highest BCUT2D eigenvalue weighted by Crippen LogP contribution is 2.38. The van der Waals surface area contributed by atoms with E-state index in [2.05, 4.69) is 15.3 Å². The Labute approximate surface area is 75.8 Å². The van der Waals surface area contributed by atoms with E-state index in [4.69, 9.17) is 0 Å². The first-order chi connectivity index (χ1) is 6.33. The fraction of sp³-hybridized carbons (Fsp3) is 0.667. The molecule has 3 rings (SSSR count). The summed E-state index contributed by atoms with van der Waals surface area (Å²) in [5.41, 5.74) is 0.956. The Bertz CT molecular complexity index is 322. The van der Waals surface area contributed by atoms with Gasteiger partial charge in [-0.2, -0.15) is 4.39 Å². The Balaban J connectivity index is 1.87. The summed E-state index contributed by atoms with van der Waals surface area (Å²) < 4.78 is 12.6. The van der Waals surface area contributed by atoms with Crippen molar-refractivity contribution >= 4 is 0 Å². The molecule has 2 fully saturated rings. The number of aromatic nitrogens is 2. The topological polar surface area (TPSA) is 40.7 Å². The molecule has 0 aliphatic carbocycles. The molecule has 2 saturated heterocycles. The van der Waals surface area contributed by atoms with Gasteiger partial charge in [0.25, 0.3) is 6.08 Å². The lowest BCUT2D eigenvalue weighted by Gasteiger charge is -2.17. The van der Waals surface area contributed by atoms with Gasteiger partial charge in [-0.25, -0.2) is 4.98 Å². The standard InChI is InChI=1S/C9H12FN3/c10-9-11-4-8(13-9)6-3-5-1-2-7(6)12-5/h4-7,12H,1-3H2,(H,11,13). The first kappa shape index (κ1) is 7.50. The third kappa shape index (κ3) is 1.09. The smallest absolute Gasteiger partial charge is 0.286 e. The largest absolute Gasteiger partial charge is 0.318 e. The van der Waals surface area contributed by atoms with Gasteiger partial charge < -0.3 is 10.3 Å². The molecule has 0 aromatic carbocycles. The Kier molecular flexibility index (Phi) is 1.47. The maximum atomic E-state index is 12.6. The van der Waals surface area contributed by atoms with Crippen LogP contribution in [0.25, 0.3) is 0 Å². The third-order valence-corrected chi connectivity index (χ3v) is 3.26. The van der Waals surface area contributed by atoms with Crippen molar-refractivity contribution in [3.05, 3.63) is 18.0 Å². The van der Waals surface area contributed by atoms with Gasteiger partial charge in [-0.1, -0.05) is 0 Å². The van der Waals surface area contributed by atoms with Crippen LogP contribution in [-0.2, 0) is 0 Å². The van der Waals surface area contributed by atoms with E-state index in [9.17, 15) is 4.39 Å². The normalized spacial score (nSPS) is 37.2. The van der Waals surface area contributed by atoms with Crippen LogP contribution in [0.5, 0.6) is 0 Å². The number of aromatic amines is 1. The highest BCUT2D eigenvalue weighted by atomic mass is 19.1. The number of hydrogen-bond acceptors (Lipinski definition) is 2. The van der Waals surface area contributed by atoms with Crippen molar-refractivity contribution in [2.24, 2.45) is 0 Å². The Morgan fingerprint density at radius 1 is 1.46 bits per heavy atom. The Hall–Kier alpha value is -0.900. The maximum absolute atomic E-state index is 12.6. The van der Waals surface area contributed by atoms with Crippen LogP contribution in [0.15, 0.2) is 6.20 Å². The van der Waals surface area contributed by atoms with E-state index in [0.717, 1.165) is 12.1 Å². The van der Waals surface area contributed by atoms with E-state index in [1.54, 1.807) is 6.20 Å². The number of rotatable bonds is 1. The number of nitrogens with zero attached hydrogens (tertiary/aromatic N) is 1. The predicted molar refractivity (Wildman–Crippen MR) is 45.8 cm³/mol. The van der Waals surface area contributed by atoms with Gasteiger partial charge in [-0.05, 0) is 19.3 Å². The van der Waals surface area contributed by atoms with Crippen LogP contribution in [0.2, 0.25) is 0 Å². The molecule has 70 valence electrons. The molecular weight excluding hydrogens is 169 g/mol. The van der Waals surface area contributed by atoms with Crippen molar-refractivity contribution in [2.75, 3.05) is 0 Å². The summed E-state index contributed by atoms with van der Waals surface area (Å²) in [4.78, 5) is 6.28. The molecule has 3 unspecified atom stereocenters. The van der Waals surface area contributed by atoms with Gasteiger partial charge >= 0.3 is 0 Å². The maximum Gasteiger partial charge on any atom is 0.286 e. The average molecular weight is 181 g/mol. The van der Waals surface area contributed by atoms with Crippen LogP contribution in [0.1, 0.15) is 30.9 Å². The van der Waals surface area contributed by atoms with Gasteiger partial charge in [0.2, 0.25) is 0 Å². The van der Waals surface area contributed by atoms with E-state index in [1.807, 2.05) is 0 Å². The van der Waals surface area contributed by atoms with Crippen LogP contribution in [-0.4, -0.2) is 22.1 Å². The zero-order valence-electron chi connectivity index (χ0n) is 7.26. The van der Waals surface area contributed by atoms with Gasteiger partial charge in [0.15, 0.2) is 0 Å². The highest BCUT2D eigenvalue weighted by Gasteiger charge is 2.40. The zero-order chi connectivity index (χ0) is 8.84. The lowest BCUT2D eigenvalue weighted by Crippen LogP contribution is -2.21. The van der Waals surface area contributed by atoms with E-state index < -0.39 is 6.08 Å². The van der Waals surface area contributed by atoms with E-state index in [1.165, 1.54) is 12.8 Å². The van der Waals surface area contributed by atoms with Gasteiger partial charge in [-0.3, -0.25) is 0 Å². The number of H-pyrrole nitrogens is 1. The lowest BCUT2D eigenvalue weighted by molar-refractivity contribution is 0.489. The number of fused-ring (bicyclic) bond motifs is 2. The SMILES string of the molecule is Fc1ncc(C2CC3CCC2N3)[nH]1. The first-order valence-corrected chi connectivity index (χ1v) is 4.79. The monoisotopic (exact) mass is 181 g/mol. The molecule has 2 N–H and O–H groups in total. The second-order valence-corrected chi connectivity index (χ2v) is 4.02. The van der Waals surface area contributed by atoms with Crippen molar-refractivity contribution in [3.8, 4) is 0 Å². The molecule has 0 saturated carbocycles. The summed E-state index contributed by atoms with van der Waals surface area (Å²) in [6, 6.07) is 1.20. The van der Waals surface area contributed by atoms with Gasteiger partial charge in [0.05, 0.1) is 6.20 Å². The molecule has 4 heteroatoms. The summed E-state index contributed by atoms with van der Waals surface area (Å²) in [5, 5.41) is 3.52. The van der Waals surface area contributed by atoms with Gasteiger partial charge in [0.1, 0.15) is 0 Å². The summed E-state index contributed by atoms with van der Waals surface area (Å²) in [5.74, 6) is 0.454. The van der Waals surface area contributed by atoms with Crippen molar-refractivity contribution in [1.29, 1.82) is 0 Å². The molecule has 13 heavy (non-hydrogen) atoms. The third-order valence-electron chi connectivity index (χ3n) is 3.26. The van der Waals surface area contributed by atoms with Crippen LogP contribution in [0.4, 0.5) is 4.39 Å². The molecule has 2 aliphatic heterocycles. The average Bonchev–Trinajstić information content (AvgIpc) is 2.77. The van der Waals surface area contributed by atoms with Crippen LogP contribution in [0.3, 0.4) is 0 Å². The van der Waals surface area contributed by atoms with Gasteiger partial charge in [-0.15, -0.1) is 0 Å². The van der Waals surface area contributed by atoms with Crippen LogP contribution < -0.4 is 5.32 Å². The summed E-state index contributed by atoms with van der Waals surface area (Å²) >= 11 is 0. The Morgan fingerprint density at radius 3 is 2.92 bits per heavy atom. The second kappa shape index (κ2) is 2.54. The van der Waals surface area contributed by atoms with Crippen molar-refractivity contribution in [1.82, 2.24) is 15.3 Å². The molecule has 0 amide bonds. The quantitative estimate of drug-likeness (QED) is 0.682. The highest BCUT2D eigenvalue weighted by molar-refractivity contribution is 5.15. The minimum absolute atomic E-state index is 0.454. The molecule has 3 atom stereocenters.